The van der Waals surface area contributed by atoms with Gasteiger partial charge in [0.1, 0.15) is 0 Å². The van der Waals surface area contributed by atoms with Crippen LogP contribution in [0.25, 0.3) is 11.3 Å². The van der Waals surface area contributed by atoms with Crippen molar-refractivity contribution in [1.29, 1.82) is 0 Å². The molecule has 4 rings (SSSR count). The summed E-state index contributed by atoms with van der Waals surface area (Å²) < 4.78 is 11.2. The zero-order chi connectivity index (χ0) is 17.1. The quantitative estimate of drug-likeness (QED) is 0.766. The summed E-state index contributed by atoms with van der Waals surface area (Å²) in [5.74, 6) is 1.06. The Morgan fingerprint density at radius 3 is 2.68 bits per heavy atom. The summed E-state index contributed by atoms with van der Waals surface area (Å²) in [6.07, 6.45) is 0.831. The smallest absolute Gasteiger partial charge is 0.257 e. The molecule has 0 radical (unpaired) electrons. The molecule has 3 aromatic rings. The Morgan fingerprint density at radius 2 is 1.84 bits per heavy atom. The van der Waals surface area contributed by atoms with Gasteiger partial charge in [0.25, 0.3) is 5.91 Å². The van der Waals surface area contributed by atoms with Crippen molar-refractivity contribution in [2.75, 3.05) is 18.5 Å². The van der Waals surface area contributed by atoms with Gasteiger partial charge >= 0.3 is 0 Å². The van der Waals surface area contributed by atoms with Gasteiger partial charge in [0.15, 0.2) is 16.6 Å². The van der Waals surface area contributed by atoms with E-state index in [1.165, 1.54) is 11.3 Å². The van der Waals surface area contributed by atoms with E-state index in [0.29, 0.717) is 35.4 Å². The second kappa shape index (κ2) is 6.94. The Kier molecular flexibility index (Phi) is 4.35. The van der Waals surface area contributed by atoms with Crippen molar-refractivity contribution in [1.82, 2.24) is 4.98 Å². The summed E-state index contributed by atoms with van der Waals surface area (Å²) in [6.45, 7) is 1.21. The van der Waals surface area contributed by atoms with E-state index < -0.39 is 0 Å². The second-order valence-corrected chi connectivity index (χ2v) is 6.43. The number of anilines is 1. The number of ether oxygens (including phenoxy) is 2. The van der Waals surface area contributed by atoms with Crippen LogP contribution < -0.4 is 14.8 Å². The van der Waals surface area contributed by atoms with Crippen LogP contribution in [0.1, 0.15) is 16.8 Å². The van der Waals surface area contributed by atoms with Gasteiger partial charge in [-0.1, -0.05) is 30.3 Å². The number of thiazole rings is 1. The van der Waals surface area contributed by atoms with Crippen molar-refractivity contribution in [3.63, 3.8) is 0 Å². The summed E-state index contributed by atoms with van der Waals surface area (Å²) in [5, 5.41) is 5.34. The molecule has 1 amide bonds. The van der Waals surface area contributed by atoms with Crippen molar-refractivity contribution in [2.45, 2.75) is 6.42 Å². The maximum Gasteiger partial charge on any atom is 0.257 e. The maximum absolute atomic E-state index is 12.5. The minimum Gasteiger partial charge on any atom is -0.490 e. The number of fused-ring (bicyclic) bond motifs is 1. The first kappa shape index (κ1) is 15.7. The van der Waals surface area contributed by atoms with Gasteiger partial charge in [-0.2, -0.15) is 0 Å². The van der Waals surface area contributed by atoms with Crippen LogP contribution in [0.15, 0.2) is 53.9 Å². The van der Waals surface area contributed by atoms with Crippen LogP contribution in [0.5, 0.6) is 11.5 Å². The molecule has 0 aliphatic carbocycles. The van der Waals surface area contributed by atoms with Crippen molar-refractivity contribution in [3.05, 3.63) is 59.5 Å². The normalized spacial score (nSPS) is 13.1. The van der Waals surface area contributed by atoms with Crippen LogP contribution in [-0.4, -0.2) is 24.1 Å². The molecule has 0 spiro atoms. The SMILES string of the molecule is O=C(Nc1nc(-c2ccccc2)cs1)c1ccc2c(c1)OCCCO2. The molecule has 25 heavy (non-hydrogen) atoms. The van der Waals surface area contributed by atoms with Crippen LogP contribution in [0.3, 0.4) is 0 Å². The largest absolute Gasteiger partial charge is 0.490 e. The molecule has 0 saturated carbocycles. The molecule has 2 aromatic carbocycles. The molecule has 1 N–H and O–H groups in total. The van der Waals surface area contributed by atoms with Crippen molar-refractivity contribution in [2.24, 2.45) is 0 Å². The Morgan fingerprint density at radius 1 is 1.04 bits per heavy atom. The molecular weight excluding hydrogens is 336 g/mol. The third kappa shape index (κ3) is 3.49. The zero-order valence-corrected chi connectivity index (χ0v) is 14.2. The summed E-state index contributed by atoms with van der Waals surface area (Å²) in [7, 11) is 0. The first-order chi connectivity index (χ1) is 12.3. The van der Waals surface area contributed by atoms with Gasteiger partial charge in [-0.25, -0.2) is 4.98 Å². The highest BCUT2D eigenvalue weighted by atomic mass is 32.1. The Hall–Kier alpha value is -2.86. The number of benzene rings is 2. The van der Waals surface area contributed by atoms with Crippen LogP contribution in [0.4, 0.5) is 5.13 Å². The lowest BCUT2D eigenvalue weighted by Crippen LogP contribution is -2.12. The van der Waals surface area contributed by atoms with Gasteiger partial charge < -0.3 is 9.47 Å². The van der Waals surface area contributed by atoms with E-state index in [0.717, 1.165) is 17.7 Å². The molecule has 0 atom stereocenters. The van der Waals surface area contributed by atoms with E-state index in [-0.39, 0.29) is 5.91 Å². The highest BCUT2D eigenvalue weighted by molar-refractivity contribution is 7.14. The fraction of sp³-hybridized carbons (Fsp3) is 0.158. The molecule has 1 aromatic heterocycles. The van der Waals surface area contributed by atoms with Crippen LogP contribution in [-0.2, 0) is 0 Å². The second-order valence-electron chi connectivity index (χ2n) is 5.57. The van der Waals surface area contributed by atoms with Gasteiger partial charge in [-0.05, 0) is 18.2 Å². The molecule has 126 valence electrons. The molecule has 1 aliphatic heterocycles. The number of hydrogen-bond acceptors (Lipinski definition) is 5. The lowest BCUT2D eigenvalue weighted by molar-refractivity contribution is 0.102. The van der Waals surface area contributed by atoms with Gasteiger partial charge in [-0.3, -0.25) is 10.1 Å². The Labute approximate surface area is 149 Å². The van der Waals surface area contributed by atoms with E-state index in [1.54, 1.807) is 18.2 Å². The molecule has 0 unspecified atom stereocenters. The number of nitrogens with zero attached hydrogens (tertiary/aromatic N) is 1. The van der Waals surface area contributed by atoms with E-state index >= 15 is 0 Å². The first-order valence-electron chi connectivity index (χ1n) is 8.01. The van der Waals surface area contributed by atoms with Crippen LogP contribution in [0.2, 0.25) is 0 Å². The predicted octanol–water partition coefficient (Wildman–Crippen LogP) is 4.22. The van der Waals surface area contributed by atoms with E-state index in [4.69, 9.17) is 9.47 Å². The lowest BCUT2D eigenvalue weighted by Gasteiger charge is -2.09. The topological polar surface area (TPSA) is 60.5 Å². The van der Waals surface area contributed by atoms with E-state index in [1.807, 2.05) is 35.7 Å². The number of carbonyl (C=O) groups is 1. The molecular formula is C19H16N2O3S. The van der Waals surface area contributed by atoms with Crippen molar-refractivity contribution < 1.29 is 14.3 Å². The Bertz CT molecular complexity index is 893. The molecule has 0 saturated heterocycles. The summed E-state index contributed by atoms with van der Waals surface area (Å²) in [5.41, 5.74) is 2.38. The molecule has 2 heterocycles. The fourth-order valence-electron chi connectivity index (χ4n) is 2.55. The number of aromatic nitrogens is 1. The summed E-state index contributed by atoms with van der Waals surface area (Å²) in [6, 6.07) is 15.1. The lowest BCUT2D eigenvalue weighted by atomic mass is 10.2. The van der Waals surface area contributed by atoms with Gasteiger partial charge in [0, 0.05) is 22.9 Å². The maximum atomic E-state index is 12.5. The monoisotopic (exact) mass is 352 g/mol. The number of rotatable bonds is 3. The highest BCUT2D eigenvalue weighted by Gasteiger charge is 2.15. The van der Waals surface area contributed by atoms with E-state index in [2.05, 4.69) is 10.3 Å². The van der Waals surface area contributed by atoms with Gasteiger partial charge in [0.05, 0.1) is 18.9 Å². The standard InChI is InChI=1S/C19H16N2O3S/c22-18(14-7-8-16-17(11-14)24-10-4-9-23-16)21-19-20-15(12-25-19)13-5-2-1-3-6-13/h1-3,5-8,11-12H,4,9-10H2,(H,20,21,22). The molecule has 1 aliphatic rings. The van der Waals surface area contributed by atoms with Crippen LogP contribution in [0, 0.1) is 0 Å². The van der Waals surface area contributed by atoms with Crippen molar-refractivity contribution >= 4 is 22.4 Å². The van der Waals surface area contributed by atoms with Gasteiger partial charge in [-0.15, -0.1) is 11.3 Å². The number of amides is 1. The third-order valence-corrected chi connectivity index (χ3v) is 4.56. The number of nitrogens with one attached hydrogen (secondary N) is 1. The average Bonchev–Trinajstić information content (AvgIpc) is 2.98. The molecule has 5 nitrogen and oxygen atoms in total. The average molecular weight is 352 g/mol. The van der Waals surface area contributed by atoms with Crippen LogP contribution >= 0.6 is 11.3 Å². The molecule has 6 heteroatoms. The minimum absolute atomic E-state index is 0.218. The predicted molar refractivity (Wildman–Crippen MR) is 97.6 cm³/mol. The first-order valence-corrected chi connectivity index (χ1v) is 8.89. The number of hydrogen-bond donors (Lipinski definition) is 1. The highest BCUT2D eigenvalue weighted by Crippen LogP contribution is 2.31. The van der Waals surface area contributed by atoms with E-state index in [9.17, 15) is 4.79 Å². The Balaban J connectivity index is 1.51. The fourth-order valence-corrected chi connectivity index (χ4v) is 3.26. The molecule has 0 fully saturated rings. The van der Waals surface area contributed by atoms with Crippen molar-refractivity contribution in [3.8, 4) is 22.8 Å². The number of carbonyl (C=O) groups excluding carboxylic acids is 1. The minimum atomic E-state index is -0.218. The zero-order valence-electron chi connectivity index (χ0n) is 13.4. The summed E-state index contributed by atoms with van der Waals surface area (Å²) in [4.78, 5) is 17.0. The third-order valence-electron chi connectivity index (χ3n) is 3.80. The summed E-state index contributed by atoms with van der Waals surface area (Å²) >= 11 is 1.40. The molecule has 0 bridgehead atoms. The van der Waals surface area contributed by atoms with Gasteiger partial charge in [0.2, 0.25) is 0 Å².